The van der Waals surface area contributed by atoms with Crippen molar-refractivity contribution in [2.24, 2.45) is 28.1 Å². The van der Waals surface area contributed by atoms with Gasteiger partial charge in [0.2, 0.25) is 47.3 Å². The maximum absolute atomic E-state index is 14.2. The number of nitrogens with one attached hydrogen (secondary N) is 9. The number of amides is 8. The summed E-state index contributed by atoms with van der Waals surface area (Å²) in [6.45, 7) is 2.03. The summed E-state index contributed by atoms with van der Waals surface area (Å²) in [7, 11) is 0. The number of para-hydroxylation sites is 1. The maximum atomic E-state index is 14.2. The van der Waals surface area contributed by atoms with Gasteiger partial charge < -0.3 is 74.9 Å². The molecule has 0 saturated heterocycles. The fourth-order valence-electron chi connectivity index (χ4n) is 6.49. The summed E-state index contributed by atoms with van der Waals surface area (Å²) in [5.74, 6) is -9.96. The zero-order valence-corrected chi connectivity index (χ0v) is 41.6. The molecular formula is C42H65N13O12S3. The van der Waals surface area contributed by atoms with E-state index in [9.17, 15) is 58.2 Å². The normalized spacial score (nSPS) is 14.0. The summed E-state index contributed by atoms with van der Waals surface area (Å²) in [6, 6.07) is -1.93. The number of nitrogens with zero attached hydrogens (tertiary/aromatic N) is 1. The SMILES string of the molecule is CSCC[C@H](NC(=O)[C@H](CCC(=O)O)NC(=O)CNC(=O)[C@@H](N)CS)C(=O)NCC(=O)N[C@@H](Cc1c[nH]c2ccccc12)C(=O)N[C@H](C(=O)N[C@@H](CCCN=C(N)N)C(=O)N[C@@H](CS)C(=O)O)C(C)C. The minimum absolute atomic E-state index is 0.00775. The highest BCUT2D eigenvalue weighted by Crippen LogP contribution is 2.20. The number of hydrogen-bond donors (Lipinski definition) is 16. The van der Waals surface area contributed by atoms with Gasteiger partial charge >= 0.3 is 11.9 Å². The minimum Gasteiger partial charge on any atom is -0.481 e. The number of guanidine groups is 1. The standard InChI is InChI=1S/C42H65N13O12S3/c1-21(2)34(40(65)53-26(9-6-13-46-42(44)45)37(62)54-30(20-69)41(66)67)55-39(64)29(15-22-16-47-25-8-5-4-7-23(22)25)51-32(57)18-49-36(61)28(12-14-70-3)52-38(63)27(10-11-33(58)59)50-31(56)17-48-35(60)24(43)19-68/h4-5,7-8,16,21,24,26-30,34,47,68-69H,6,9-15,17-20,43H2,1-3H3,(H,48,60)(H,49,61)(H,50,56)(H,51,57)(H,52,63)(H,53,65)(H,54,62)(H,55,64)(H,58,59)(H,66,67)(H4,44,45,46)/t24-,26-,27-,28-,29-,30-,34-/m0/s1. The van der Waals surface area contributed by atoms with Gasteiger partial charge in [0.1, 0.15) is 36.3 Å². The maximum Gasteiger partial charge on any atom is 0.327 e. The van der Waals surface area contributed by atoms with E-state index in [4.69, 9.17) is 17.2 Å². The van der Waals surface area contributed by atoms with Crippen molar-refractivity contribution in [1.82, 2.24) is 47.5 Å². The van der Waals surface area contributed by atoms with Crippen molar-refractivity contribution in [2.45, 2.75) is 94.7 Å². The summed E-state index contributed by atoms with van der Waals surface area (Å²) < 4.78 is 0. The van der Waals surface area contributed by atoms with Crippen LogP contribution in [-0.4, -0.2) is 166 Å². The van der Waals surface area contributed by atoms with Crippen LogP contribution in [0.25, 0.3) is 10.9 Å². The van der Waals surface area contributed by atoms with Crippen LogP contribution in [0.2, 0.25) is 0 Å². The van der Waals surface area contributed by atoms with E-state index in [-0.39, 0.29) is 56.1 Å². The van der Waals surface area contributed by atoms with E-state index in [1.165, 1.54) is 11.8 Å². The number of aliphatic imine (C=N–C) groups is 1. The number of rotatable bonds is 32. The molecule has 8 amide bonds. The van der Waals surface area contributed by atoms with Crippen molar-refractivity contribution < 1.29 is 58.2 Å². The average molecular weight is 1040 g/mol. The zero-order valence-electron chi connectivity index (χ0n) is 38.9. The Kier molecular flexibility index (Phi) is 26.6. The number of carbonyl (C=O) groups excluding carboxylic acids is 8. The second kappa shape index (κ2) is 31.1. The van der Waals surface area contributed by atoms with Gasteiger partial charge in [0.25, 0.3) is 0 Å². The monoisotopic (exact) mass is 1040 g/mol. The van der Waals surface area contributed by atoms with Crippen LogP contribution in [0.15, 0.2) is 35.5 Å². The molecule has 70 heavy (non-hydrogen) atoms. The van der Waals surface area contributed by atoms with Gasteiger partial charge in [-0.3, -0.25) is 48.1 Å². The summed E-state index contributed by atoms with van der Waals surface area (Å²) in [5, 5.41) is 39.3. The predicted molar refractivity (Wildman–Crippen MR) is 268 cm³/mol. The van der Waals surface area contributed by atoms with E-state index in [1.807, 2.05) is 0 Å². The number of carboxylic acids is 2. The molecule has 1 aromatic carbocycles. The Morgan fingerprint density at radius 2 is 1.26 bits per heavy atom. The van der Waals surface area contributed by atoms with Gasteiger partial charge in [-0.05, 0) is 55.2 Å². The number of fused-ring (bicyclic) bond motifs is 1. The van der Waals surface area contributed by atoms with E-state index >= 15 is 0 Å². The molecule has 0 unspecified atom stereocenters. The third-order valence-corrected chi connectivity index (χ3v) is 11.7. The van der Waals surface area contributed by atoms with Crippen LogP contribution in [-0.2, 0) is 54.4 Å². The van der Waals surface area contributed by atoms with Crippen molar-refractivity contribution in [3.8, 4) is 0 Å². The van der Waals surface area contributed by atoms with Crippen LogP contribution in [0.5, 0.6) is 0 Å². The van der Waals surface area contributed by atoms with Crippen LogP contribution in [0.3, 0.4) is 0 Å². The molecule has 0 spiro atoms. The summed E-state index contributed by atoms with van der Waals surface area (Å²) >= 11 is 9.25. The molecule has 0 bridgehead atoms. The van der Waals surface area contributed by atoms with Crippen LogP contribution in [0, 0.1) is 5.92 Å². The molecule has 7 atom stereocenters. The molecule has 0 fully saturated rings. The van der Waals surface area contributed by atoms with Crippen LogP contribution in [0.4, 0.5) is 0 Å². The Morgan fingerprint density at radius 1 is 0.700 bits per heavy atom. The lowest BCUT2D eigenvalue weighted by atomic mass is 9.99. The summed E-state index contributed by atoms with van der Waals surface area (Å²) in [6.07, 6.45) is 2.55. The molecule has 2 rings (SSSR count). The van der Waals surface area contributed by atoms with Gasteiger partial charge in [0.15, 0.2) is 5.96 Å². The van der Waals surface area contributed by atoms with Gasteiger partial charge in [0.05, 0.1) is 19.1 Å². The lowest BCUT2D eigenvalue weighted by molar-refractivity contribution is -0.141. The first kappa shape index (κ1) is 59.9. The fraction of sp³-hybridized carbons (Fsp3) is 0.548. The largest absolute Gasteiger partial charge is 0.481 e. The average Bonchev–Trinajstić information content (AvgIpc) is 3.72. The Hall–Kier alpha value is -6.26. The number of hydrogen-bond acceptors (Lipinski definition) is 15. The number of H-pyrrole nitrogens is 1. The van der Waals surface area contributed by atoms with Crippen molar-refractivity contribution in [3.63, 3.8) is 0 Å². The Morgan fingerprint density at radius 3 is 1.83 bits per heavy atom. The predicted octanol–water partition coefficient (Wildman–Crippen LogP) is -3.55. The number of nitrogens with two attached hydrogens (primary N) is 3. The van der Waals surface area contributed by atoms with E-state index in [0.717, 1.165) is 10.9 Å². The number of benzene rings is 1. The summed E-state index contributed by atoms with van der Waals surface area (Å²) in [4.78, 5) is 137. The van der Waals surface area contributed by atoms with Crippen molar-refractivity contribution in [2.75, 3.05) is 43.1 Å². The van der Waals surface area contributed by atoms with Crippen molar-refractivity contribution in [1.29, 1.82) is 0 Å². The van der Waals surface area contributed by atoms with E-state index in [0.29, 0.717) is 11.3 Å². The smallest absolute Gasteiger partial charge is 0.327 e. The zero-order chi connectivity index (χ0) is 52.5. The van der Waals surface area contributed by atoms with Crippen LogP contribution in [0.1, 0.15) is 51.5 Å². The highest BCUT2D eigenvalue weighted by atomic mass is 32.2. The first-order chi connectivity index (χ1) is 33.1. The first-order valence-corrected chi connectivity index (χ1v) is 24.6. The Labute approximate surface area is 419 Å². The van der Waals surface area contributed by atoms with Crippen molar-refractivity contribution >= 4 is 113 Å². The van der Waals surface area contributed by atoms with E-state index in [2.05, 4.69) is 77.8 Å². The number of thiol groups is 2. The second-order valence-electron chi connectivity index (χ2n) is 16.1. The molecule has 0 radical (unpaired) electrons. The summed E-state index contributed by atoms with van der Waals surface area (Å²) in [5.41, 5.74) is 17.8. The third-order valence-electron chi connectivity index (χ3n) is 10.3. The van der Waals surface area contributed by atoms with Gasteiger partial charge in [0, 0.05) is 48.0 Å². The molecular weight excluding hydrogens is 975 g/mol. The van der Waals surface area contributed by atoms with Gasteiger partial charge in [-0.1, -0.05) is 32.0 Å². The lowest BCUT2D eigenvalue weighted by Gasteiger charge is -2.28. The first-order valence-electron chi connectivity index (χ1n) is 22.0. The molecule has 2 aromatic rings. The van der Waals surface area contributed by atoms with Crippen molar-refractivity contribution in [3.05, 3.63) is 36.0 Å². The second-order valence-corrected chi connectivity index (χ2v) is 17.8. The van der Waals surface area contributed by atoms with Crippen LogP contribution < -0.4 is 59.7 Å². The quantitative estimate of drug-likeness (QED) is 0.0146. The van der Waals surface area contributed by atoms with Crippen LogP contribution >= 0.6 is 37.0 Å². The molecule has 17 N–H and O–H groups in total. The molecule has 0 aliphatic heterocycles. The molecule has 0 aliphatic carbocycles. The molecule has 28 heteroatoms. The van der Waals surface area contributed by atoms with E-state index < -0.39 is 127 Å². The number of aromatic amines is 1. The third kappa shape index (κ3) is 21.2. The van der Waals surface area contributed by atoms with E-state index in [1.54, 1.807) is 50.6 Å². The number of carboxylic acid groups (broad SMARTS) is 2. The van der Waals surface area contributed by atoms with Gasteiger partial charge in [-0.2, -0.15) is 37.0 Å². The topological polar surface area (TPSA) is 414 Å². The highest BCUT2D eigenvalue weighted by Gasteiger charge is 2.34. The van der Waals surface area contributed by atoms with Gasteiger partial charge in [-0.15, -0.1) is 0 Å². The Bertz CT molecular complexity index is 2180. The Balaban J connectivity index is 2.33. The number of aromatic nitrogens is 1. The van der Waals surface area contributed by atoms with Gasteiger partial charge in [-0.25, -0.2) is 4.79 Å². The number of aliphatic carboxylic acids is 2. The molecule has 0 aliphatic rings. The molecule has 0 saturated carbocycles. The molecule has 25 nitrogen and oxygen atoms in total. The fourth-order valence-corrected chi connectivity index (χ4v) is 7.37. The molecule has 388 valence electrons. The number of carbonyl (C=O) groups is 10. The molecule has 1 heterocycles. The lowest BCUT2D eigenvalue weighted by Crippen LogP contribution is -2.60. The molecule has 1 aromatic heterocycles. The highest BCUT2D eigenvalue weighted by molar-refractivity contribution is 7.98. The number of thioether (sulfide) groups is 1. The minimum atomic E-state index is -1.45.